The van der Waals surface area contributed by atoms with Gasteiger partial charge in [0.05, 0.1) is 5.56 Å². The molecule has 0 bridgehead atoms. The van der Waals surface area contributed by atoms with Crippen molar-refractivity contribution >= 4 is 22.5 Å². The first-order chi connectivity index (χ1) is 12.7. The molecule has 0 radical (unpaired) electrons. The fraction of sp³-hybridized carbons (Fsp3) is 0.250. The fourth-order valence-electron chi connectivity index (χ4n) is 3.65. The van der Waals surface area contributed by atoms with E-state index in [1.54, 1.807) is 6.07 Å². The quantitative estimate of drug-likeness (QED) is 0.713. The molecule has 0 aliphatic heterocycles. The van der Waals surface area contributed by atoms with Crippen LogP contribution in [0.25, 0.3) is 10.9 Å². The Morgan fingerprint density at radius 1 is 1.27 bits per heavy atom. The SMILES string of the molecule is N#Cc1cn(C2CCCC2)c2ccc(NC(=O)c3ccnc(F)c3)cc12. The Hall–Kier alpha value is -3.20. The molecule has 2 heterocycles. The van der Waals surface area contributed by atoms with Gasteiger partial charge in [0.25, 0.3) is 5.91 Å². The first kappa shape index (κ1) is 16.3. The van der Waals surface area contributed by atoms with Crippen molar-refractivity contribution in [2.75, 3.05) is 5.32 Å². The van der Waals surface area contributed by atoms with Crippen molar-refractivity contribution in [1.29, 1.82) is 5.26 Å². The fourth-order valence-corrected chi connectivity index (χ4v) is 3.65. The minimum absolute atomic E-state index is 0.196. The number of halogens is 1. The van der Waals surface area contributed by atoms with Crippen molar-refractivity contribution in [3.63, 3.8) is 0 Å². The van der Waals surface area contributed by atoms with Crippen LogP contribution in [0.1, 0.15) is 47.6 Å². The molecule has 1 aliphatic rings. The van der Waals surface area contributed by atoms with Crippen LogP contribution in [-0.4, -0.2) is 15.5 Å². The number of pyridine rings is 1. The van der Waals surface area contributed by atoms with Crippen molar-refractivity contribution in [2.45, 2.75) is 31.7 Å². The number of rotatable bonds is 3. The van der Waals surface area contributed by atoms with Gasteiger partial charge in [0, 0.05) is 46.7 Å². The number of nitrogens with one attached hydrogen (secondary N) is 1. The van der Waals surface area contributed by atoms with E-state index in [0.29, 0.717) is 17.3 Å². The lowest BCUT2D eigenvalue weighted by molar-refractivity contribution is 0.102. The van der Waals surface area contributed by atoms with E-state index in [1.165, 1.54) is 25.1 Å². The molecule has 26 heavy (non-hydrogen) atoms. The number of benzene rings is 1. The van der Waals surface area contributed by atoms with Crippen LogP contribution in [0.3, 0.4) is 0 Å². The first-order valence-corrected chi connectivity index (χ1v) is 8.63. The van der Waals surface area contributed by atoms with Crippen LogP contribution in [0.15, 0.2) is 42.7 Å². The maximum absolute atomic E-state index is 13.2. The number of amides is 1. The van der Waals surface area contributed by atoms with E-state index in [4.69, 9.17) is 0 Å². The smallest absolute Gasteiger partial charge is 0.255 e. The summed E-state index contributed by atoms with van der Waals surface area (Å²) in [6.45, 7) is 0. The highest BCUT2D eigenvalue weighted by Gasteiger charge is 2.20. The molecule has 130 valence electrons. The van der Waals surface area contributed by atoms with Gasteiger partial charge in [-0.3, -0.25) is 4.79 Å². The molecular formula is C20H17FN4O. The normalized spacial score (nSPS) is 14.5. The van der Waals surface area contributed by atoms with Gasteiger partial charge in [-0.2, -0.15) is 9.65 Å². The number of hydrogen-bond donors (Lipinski definition) is 1. The van der Waals surface area contributed by atoms with Gasteiger partial charge in [0.1, 0.15) is 6.07 Å². The zero-order chi connectivity index (χ0) is 18.1. The van der Waals surface area contributed by atoms with Crippen LogP contribution < -0.4 is 5.32 Å². The number of hydrogen-bond acceptors (Lipinski definition) is 3. The summed E-state index contributed by atoms with van der Waals surface area (Å²) in [5, 5.41) is 13.0. The summed E-state index contributed by atoms with van der Waals surface area (Å²) in [5.41, 5.74) is 2.36. The second-order valence-electron chi connectivity index (χ2n) is 6.55. The van der Waals surface area contributed by atoms with Crippen molar-refractivity contribution in [3.05, 3.63) is 59.8 Å². The number of carbonyl (C=O) groups excluding carboxylic acids is 1. The number of anilines is 1. The van der Waals surface area contributed by atoms with E-state index in [-0.39, 0.29) is 5.56 Å². The second-order valence-corrected chi connectivity index (χ2v) is 6.55. The van der Waals surface area contributed by atoms with Crippen molar-refractivity contribution in [3.8, 4) is 6.07 Å². The van der Waals surface area contributed by atoms with E-state index >= 15 is 0 Å². The average molecular weight is 348 g/mol. The van der Waals surface area contributed by atoms with E-state index in [2.05, 4.69) is 20.9 Å². The van der Waals surface area contributed by atoms with Crippen molar-refractivity contribution in [2.24, 2.45) is 0 Å². The van der Waals surface area contributed by atoms with E-state index in [9.17, 15) is 14.4 Å². The zero-order valence-corrected chi connectivity index (χ0v) is 14.1. The van der Waals surface area contributed by atoms with Crippen LogP contribution >= 0.6 is 0 Å². The molecular weight excluding hydrogens is 331 g/mol. The first-order valence-electron chi connectivity index (χ1n) is 8.63. The van der Waals surface area contributed by atoms with Gasteiger partial charge in [0.15, 0.2) is 0 Å². The lowest BCUT2D eigenvalue weighted by Gasteiger charge is -2.13. The number of nitriles is 1. The topological polar surface area (TPSA) is 70.7 Å². The summed E-state index contributed by atoms with van der Waals surface area (Å²) in [7, 11) is 0. The third kappa shape index (κ3) is 2.93. The third-order valence-electron chi connectivity index (χ3n) is 4.92. The number of nitrogens with zero attached hydrogens (tertiary/aromatic N) is 3. The van der Waals surface area contributed by atoms with Crippen molar-refractivity contribution in [1.82, 2.24) is 9.55 Å². The monoisotopic (exact) mass is 348 g/mol. The Morgan fingerprint density at radius 2 is 2.08 bits per heavy atom. The molecule has 1 saturated carbocycles. The molecule has 2 aromatic heterocycles. The third-order valence-corrected chi connectivity index (χ3v) is 4.92. The van der Waals surface area contributed by atoms with Gasteiger partial charge < -0.3 is 9.88 Å². The summed E-state index contributed by atoms with van der Waals surface area (Å²) in [6, 6.07) is 10.8. The van der Waals surface area contributed by atoms with Gasteiger partial charge >= 0.3 is 0 Å². The number of fused-ring (bicyclic) bond motifs is 1. The highest BCUT2D eigenvalue weighted by Crippen LogP contribution is 2.35. The molecule has 3 aromatic rings. The standard InChI is InChI=1S/C20H17FN4O/c21-19-9-13(7-8-23-19)20(26)24-15-5-6-18-17(10-15)14(11-22)12-25(18)16-3-1-2-4-16/h5-10,12,16H,1-4H2,(H,24,26). The number of carbonyl (C=O) groups is 1. The molecule has 5 nitrogen and oxygen atoms in total. The molecule has 1 N–H and O–H groups in total. The van der Waals surface area contributed by atoms with Gasteiger partial charge in [0.2, 0.25) is 5.95 Å². The minimum Gasteiger partial charge on any atom is -0.343 e. The molecule has 1 aromatic carbocycles. The molecule has 0 saturated heterocycles. The maximum atomic E-state index is 13.2. The molecule has 0 unspecified atom stereocenters. The summed E-state index contributed by atoms with van der Waals surface area (Å²) in [6.07, 6.45) is 7.83. The average Bonchev–Trinajstić information content (AvgIpc) is 3.28. The molecule has 1 fully saturated rings. The maximum Gasteiger partial charge on any atom is 0.255 e. The Morgan fingerprint density at radius 3 is 2.81 bits per heavy atom. The summed E-state index contributed by atoms with van der Waals surface area (Å²) in [4.78, 5) is 15.7. The summed E-state index contributed by atoms with van der Waals surface area (Å²) >= 11 is 0. The predicted molar refractivity (Wildman–Crippen MR) is 96.3 cm³/mol. The lowest BCUT2D eigenvalue weighted by Crippen LogP contribution is -2.12. The molecule has 0 atom stereocenters. The number of aromatic nitrogens is 2. The van der Waals surface area contributed by atoms with E-state index < -0.39 is 11.9 Å². The highest BCUT2D eigenvalue weighted by molar-refractivity contribution is 6.05. The van der Waals surface area contributed by atoms with Gasteiger partial charge in [-0.05, 0) is 37.1 Å². The van der Waals surface area contributed by atoms with E-state index in [0.717, 1.165) is 29.8 Å². The summed E-state index contributed by atoms with van der Waals surface area (Å²) < 4.78 is 15.4. The van der Waals surface area contributed by atoms with Gasteiger partial charge in [-0.1, -0.05) is 12.8 Å². The second kappa shape index (κ2) is 6.60. The molecule has 4 rings (SSSR count). The Labute approximate surface area is 150 Å². The largest absolute Gasteiger partial charge is 0.343 e. The molecule has 1 aliphatic carbocycles. The summed E-state index contributed by atoms with van der Waals surface area (Å²) in [5.74, 6) is -1.12. The highest BCUT2D eigenvalue weighted by atomic mass is 19.1. The predicted octanol–water partition coefficient (Wildman–Crippen LogP) is 4.41. The lowest BCUT2D eigenvalue weighted by atomic mass is 10.1. The van der Waals surface area contributed by atoms with Crippen LogP contribution in [0.4, 0.5) is 10.1 Å². The van der Waals surface area contributed by atoms with Gasteiger partial charge in [-0.25, -0.2) is 4.98 Å². The Kier molecular flexibility index (Phi) is 4.13. The minimum atomic E-state index is -0.700. The van der Waals surface area contributed by atoms with Crippen LogP contribution in [0.5, 0.6) is 0 Å². The van der Waals surface area contributed by atoms with Crippen LogP contribution in [-0.2, 0) is 0 Å². The van der Waals surface area contributed by atoms with Crippen LogP contribution in [0, 0.1) is 17.3 Å². The van der Waals surface area contributed by atoms with Crippen molar-refractivity contribution < 1.29 is 9.18 Å². The zero-order valence-electron chi connectivity index (χ0n) is 14.1. The van der Waals surface area contributed by atoms with E-state index in [1.807, 2.05) is 18.3 Å². The van der Waals surface area contributed by atoms with Gasteiger partial charge in [-0.15, -0.1) is 0 Å². The molecule has 1 amide bonds. The Balaban J connectivity index is 1.67. The Bertz CT molecular complexity index is 1030. The molecule has 0 spiro atoms. The molecule has 6 heteroatoms. The van der Waals surface area contributed by atoms with Crippen LogP contribution in [0.2, 0.25) is 0 Å².